The molecule has 0 spiro atoms. The van der Waals surface area contributed by atoms with E-state index in [9.17, 15) is 9.18 Å². The first kappa shape index (κ1) is 21.2. The van der Waals surface area contributed by atoms with Crippen LogP contribution in [0.1, 0.15) is 33.9 Å². The van der Waals surface area contributed by atoms with Crippen LogP contribution >= 0.6 is 0 Å². The molecule has 9 heteroatoms. The Bertz CT molecular complexity index is 1210. The van der Waals surface area contributed by atoms with Gasteiger partial charge in [0.15, 0.2) is 5.69 Å². The summed E-state index contributed by atoms with van der Waals surface area (Å²) in [6, 6.07) is 7.10. The van der Waals surface area contributed by atoms with E-state index < -0.39 is 6.67 Å². The second-order valence-electron chi connectivity index (χ2n) is 8.80. The number of likely N-dealkylation sites (tertiary alicyclic amines) is 1. The zero-order valence-corrected chi connectivity index (χ0v) is 18.7. The minimum absolute atomic E-state index is 0.0527. The number of fused-ring (bicyclic) bond motifs is 1. The molecular formula is C24H26FN7O. The molecule has 1 aliphatic carbocycles. The number of hydrogen-bond donors (Lipinski definition) is 1. The van der Waals surface area contributed by atoms with Gasteiger partial charge in [0.1, 0.15) is 18.2 Å². The summed E-state index contributed by atoms with van der Waals surface area (Å²) in [7, 11) is 0. The van der Waals surface area contributed by atoms with Gasteiger partial charge in [0.25, 0.3) is 5.91 Å². The van der Waals surface area contributed by atoms with E-state index in [-0.39, 0.29) is 11.9 Å². The van der Waals surface area contributed by atoms with Gasteiger partial charge in [-0.05, 0) is 44.4 Å². The third kappa shape index (κ3) is 4.10. The molecule has 2 aliphatic rings. The minimum atomic E-state index is -0.542. The summed E-state index contributed by atoms with van der Waals surface area (Å²) >= 11 is 0. The largest absolute Gasteiger partial charge is 0.368 e. The van der Waals surface area contributed by atoms with E-state index in [1.807, 2.05) is 30.9 Å². The van der Waals surface area contributed by atoms with Crippen molar-refractivity contribution in [3.05, 3.63) is 71.5 Å². The number of hydrogen-bond acceptors (Lipinski definition) is 6. The molecule has 1 saturated carbocycles. The second kappa shape index (κ2) is 8.38. The monoisotopic (exact) mass is 447 g/mol. The van der Waals surface area contributed by atoms with E-state index in [1.54, 1.807) is 18.3 Å². The van der Waals surface area contributed by atoms with Crippen LogP contribution in [0.15, 0.2) is 48.8 Å². The lowest BCUT2D eigenvalue weighted by Crippen LogP contribution is -2.48. The number of nitrogens with zero attached hydrogens (tertiary/aromatic N) is 6. The van der Waals surface area contributed by atoms with Crippen molar-refractivity contribution >= 4 is 11.7 Å². The molecule has 170 valence electrons. The molecule has 0 aromatic carbocycles. The van der Waals surface area contributed by atoms with Crippen molar-refractivity contribution in [2.75, 3.05) is 18.4 Å². The van der Waals surface area contributed by atoms with Gasteiger partial charge >= 0.3 is 0 Å². The van der Waals surface area contributed by atoms with E-state index in [4.69, 9.17) is 0 Å². The molecule has 4 heterocycles. The van der Waals surface area contributed by atoms with Crippen molar-refractivity contribution in [2.45, 2.75) is 33.0 Å². The van der Waals surface area contributed by atoms with E-state index >= 15 is 0 Å². The molecular weight excluding hydrogens is 421 g/mol. The molecule has 1 amide bonds. The molecule has 5 rings (SSSR count). The average Bonchev–Trinajstić information content (AvgIpc) is 3.24. The summed E-state index contributed by atoms with van der Waals surface area (Å²) < 4.78 is 12.8. The van der Waals surface area contributed by atoms with E-state index in [0.717, 1.165) is 17.8 Å². The van der Waals surface area contributed by atoms with Crippen LogP contribution in [0.5, 0.6) is 0 Å². The van der Waals surface area contributed by atoms with Gasteiger partial charge in [0, 0.05) is 42.5 Å². The highest BCUT2D eigenvalue weighted by Crippen LogP contribution is 2.51. The lowest BCUT2D eigenvalue weighted by atomic mass is 10.0. The third-order valence-corrected chi connectivity index (χ3v) is 6.49. The van der Waals surface area contributed by atoms with Crippen molar-refractivity contribution in [1.82, 2.24) is 29.9 Å². The number of carbonyl (C=O) groups excluding carboxylic acids is 1. The molecule has 3 aromatic heterocycles. The predicted octanol–water partition coefficient (Wildman–Crippen LogP) is 3.27. The number of halogens is 1. The molecule has 0 bridgehead atoms. The predicted molar refractivity (Wildman–Crippen MR) is 122 cm³/mol. The quantitative estimate of drug-likeness (QED) is 0.584. The molecule has 8 nitrogen and oxygen atoms in total. The summed E-state index contributed by atoms with van der Waals surface area (Å²) in [6.45, 7) is 8.51. The number of piperidine rings is 1. The first-order chi connectivity index (χ1) is 15.9. The summed E-state index contributed by atoms with van der Waals surface area (Å²) in [6.07, 6.45) is 4.01. The first-order valence-electron chi connectivity index (χ1n) is 11.1. The van der Waals surface area contributed by atoms with Crippen LogP contribution in [0.25, 0.3) is 5.69 Å². The Kier molecular flexibility index (Phi) is 5.39. The van der Waals surface area contributed by atoms with Crippen LogP contribution in [-0.2, 0) is 6.67 Å². The number of alkyl halides is 1. The smallest absolute Gasteiger partial charge is 0.275 e. The topological polar surface area (TPSA) is 88.8 Å². The fraction of sp³-hybridized carbons (Fsp3) is 0.375. The molecule has 3 atom stereocenters. The average molecular weight is 448 g/mol. The van der Waals surface area contributed by atoms with Crippen LogP contribution in [0.4, 0.5) is 10.2 Å². The van der Waals surface area contributed by atoms with Gasteiger partial charge in [0.05, 0.1) is 11.9 Å². The van der Waals surface area contributed by atoms with E-state index in [1.165, 1.54) is 16.6 Å². The van der Waals surface area contributed by atoms with Gasteiger partial charge in [-0.1, -0.05) is 18.2 Å². The number of pyridine rings is 2. The van der Waals surface area contributed by atoms with Crippen molar-refractivity contribution < 1.29 is 9.18 Å². The lowest BCUT2D eigenvalue weighted by Gasteiger charge is -2.35. The minimum Gasteiger partial charge on any atom is -0.368 e. The SMILES string of the molecule is C=C1C2CC(CNc3ccc(CF)cn3)N(C(=O)c3nc(C)ccc3-n3ncc(C)n3)CC12. The zero-order valence-electron chi connectivity index (χ0n) is 18.7. The highest BCUT2D eigenvalue weighted by Gasteiger charge is 2.50. The summed E-state index contributed by atoms with van der Waals surface area (Å²) in [5.74, 6) is 1.30. The van der Waals surface area contributed by atoms with Crippen LogP contribution < -0.4 is 5.32 Å². The number of rotatable bonds is 6. The molecule has 0 radical (unpaired) electrons. The zero-order chi connectivity index (χ0) is 23.1. The molecule has 1 saturated heterocycles. The molecule has 3 aromatic rings. The number of nitrogens with one attached hydrogen (secondary N) is 1. The van der Waals surface area contributed by atoms with Gasteiger partial charge < -0.3 is 10.2 Å². The summed E-state index contributed by atoms with van der Waals surface area (Å²) in [5.41, 5.74) is 4.16. The normalized spacial score (nSPS) is 21.6. The Hall–Kier alpha value is -3.62. The number of anilines is 1. The maximum absolute atomic E-state index is 13.8. The van der Waals surface area contributed by atoms with Crippen molar-refractivity contribution in [2.24, 2.45) is 11.8 Å². The second-order valence-corrected chi connectivity index (χ2v) is 8.80. The number of carbonyl (C=O) groups is 1. The van der Waals surface area contributed by atoms with Gasteiger partial charge in [-0.3, -0.25) is 4.79 Å². The number of aryl methyl sites for hydroxylation is 2. The lowest BCUT2D eigenvalue weighted by molar-refractivity contribution is 0.0609. The molecule has 33 heavy (non-hydrogen) atoms. The van der Waals surface area contributed by atoms with Gasteiger partial charge in [-0.15, -0.1) is 4.80 Å². The molecule has 3 unspecified atom stereocenters. The van der Waals surface area contributed by atoms with E-state index in [0.29, 0.717) is 47.7 Å². The number of aromatic nitrogens is 5. The molecule has 1 N–H and O–H groups in total. The summed E-state index contributed by atoms with van der Waals surface area (Å²) in [5, 5.41) is 12.0. The highest BCUT2D eigenvalue weighted by atomic mass is 19.1. The Morgan fingerprint density at radius 1 is 1.18 bits per heavy atom. The fourth-order valence-corrected chi connectivity index (χ4v) is 4.52. The van der Waals surface area contributed by atoms with Gasteiger partial charge in [0.2, 0.25) is 0 Å². The Balaban J connectivity index is 1.41. The maximum Gasteiger partial charge on any atom is 0.275 e. The first-order valence-corrected chi connectivity index (χ1v) is 11.1. The number of amides is 1. The van der Waals surface area contributed by atoms with Gasteiger partial charge in [-0.2, -0.15) is 10.2 Å². The van der Waals surface area contributed by atoms with Crippen LogP contribution in [0.2, 0.25) is 0 Å². The highest BCUT2D eigenvalue weighted by molar-refractivity contribution is 5.96. The van der Waals surface area contributed by atoms with E-state index in [2.05, 4.69) is 32.1 Å². The van der Waals surface area contributed by atoms with Crippen LogP contribution in [0, 0.1) is 25.7 Å². The van der Waals surface area contributed by atoms with Crippen molar-refractivity contribution in [1.29, 1.82) is 0 Å². The molecule has 2 fully saturated rings. The van der Waals surface area contributed by atoms with Crippen molar-refractivity contribution in [3.63, 3.8) is 0 Å². The Morgan fingerprint density at radius 3 is 2.73 bits per heavy atom. The fourth-order valence-electron chi connectivity index (χ4n) is 4.52. The molecule has 1 aliphatic heterocycles. The Labute approximate surface area is 191 Å². The maximum atomic E-state index is 13.8. The Morgan fingerprint density at radius 2 is 2.03 bits per heavy atom. The third-order valence-electron chi connectivity index (χ3n) is 6.49. The van der Waals surface area contributed by atoms with Gasteiger partial charge in [-0.25, -0.2) is 14.4 Å². The van der Waals surface area contributed by atoms with Crippen LogP contribution in [0.3, 0.4) is 0 Å². The van der Waals surface area contributed by atoms with Crippen LogP contribution in [-0.4, -0.2) is 54.9 Å². The van der Waals surface area contributed by atoms with Crippen molar-refractivity contribution in [3.8, 4) is 5.69 Å². The standard InChI is InChI=1S/C24H26FN7O/c1-14-4-6-21(32-28-10-15(2)30-32)23(29-14)24(33)31-13-20-16(3)19(20)8-18(31)12-27-22-7-5-17(9-25)11-26-22/h4-7,10-11,18-20H,3,8-9,12-13H2,1-2H3,(H,26,27). The summed E-state index contributed by atoms with van der Waals surface area (Å²) in [4.78, 5) is 26.0.